The van der Waals surface area contributed by atoms with Crippen LogP contribution in [0.1, 0.15) is 32.3 Å². The summed E-state index contributed by atoms with van der Waals surface area (Å²) in [6.07, 6.45) is 2.05. The molecule has 1 atom stereocenters. The second kappa shape index (κ2) is 7.26. The predicted octanol–water partition coefficient (Wildman–Crippen LogP) is 1.46. The smallest absolute Gasteiger partial charge is 0.325 e. The number of carbonyl (C=O) groups excluding carboxylic acids is 3. The minimum absolute atomic E-state index is 0.237. The maximum atomic E-state index is 12.3. The molecule has 4 amide bonds. The predicted molar refractivity (Wildman–Crippen MR) is 86.7 cm³/mol. The van der Waals surface area contributed by atoms with Gasteiger partial charge in [0.25, 0.3) is 5.91 Å². The third-order valence-corrected chi connectivity index (χ3v) is 3.98. The zero-order valence-electron chi connectivity index (χ0n) is 13.6. The van der Waals surface area contributed by atoms with Crippen LogP contribution < -0.4 is 10.6 Å². The first-order valence-electron chi connectivity index (χ1n) is 7.91. The van der Waals surface area contributed by atoms with Gasteiger partial charge in [-0.15, -0.1) is 0 Å². The molecule has 6 heteroatoms. The molecule has 124 valence electrons. The summed E-state index contributed by atoms with van der Waals surface area (Å²) in [4.78, 5) is 37.2. The molecule has 0 radical (unpaired) electrons. The van der Waals surface area contributed by atoms with Gasteiger partial charge in [0.15, 0.2) is 0 Å². The van der Waals surface area contributed by atoms with E-state index in [4.69, 9.17) is 0 Å². The van der Waals surface area contributed by atoms with E-state index in [2.05, 4.69) is 10.6 Å². The number of hydrogen-bond acceptors (Lipinski definition) is 3. The molecule has 1 unspecified atom stereocenters. The Kier molecular flexibility index (Phi) is 5.36. The van der Waals surface area contributed by atoms with Crippen LogP contribution in [0.2, 0.25) is 0 Å². The second-order valence-electron chi connectivity index (χ2n) is 5.99. The van der Waals surface area contributed by atoms with Crippen LogP contribution in [0.25, 0.3) is 0 Å². The maximum Gasteiger partial charge on any atom is 0.325 e. The van der Waals surface area contributed by atoms with Crippen molar-refractivity contribution in [2.75, 3.05) is 13.1 Å². The SMILES string of the molecule is CCCC1(C)NC(=O)N(CC(=O)NCCc2ccccc2)C1=O. The lowest BCUT2D eigenvalue weighted by Gasteiger charge is -2.20. The highest BCUT2D eigenvalue weighted by Gasteiger charge is 2.47. The fraction of sp³-hybridized carbons (Fsp3) is 0.471. The van der Waals surface area contributed by atoms with Crippen molar-refractivity contribution >= 4 is 17.8 Å². The lowest BCUT2D eigenvalue weighted by Crippen LogP contribution is -2.45. The largest absolute Gasteiger partial charge is 0.354 e. The monoisotopic (exact) mass is 317 g/mol. The Morgan fingerprint density at radius 1 is 1.26 bits per heavy atom. The molecule has 2 rings (SSSR count). The van der Waals surface area contributed by atoms with E-state index in [1.165, 1.54) is 0 Å². The van der Waals surface area contributed by atoms with E-state index in [1.54, 1.807) is 6.92 Å². The summed E-state index contributed by atoms with van der Waals surface area (Å²) in [5, 5.41) is 5.42. The van der Waals surface area contributed by atoms with Crippen molar-refractivity contribution in [3.05, 3.63) is 35.9 Å². The molecule has 0 aromatic heterocycles. The standard InChI is InChI=1S/C17H23N3O3/c1-3-10-17(2)15(22)20(16(23)19-17)12-14(21)18-11-9-13-7-5-4-6-8-13/h4-8H,3,9-12H2,1-2H3,(H,18,21)(H,19,23). The first kappa shape index (κ1) is 17.0. The fourth-order valence-electron chi connectivity index (χ4n) is 2.75. The summed E-state index contributed by atoms with van der Waals surface area (Å²) in [7, 11) is 0. The Balaban J connectivity index is 1.83. The van der Waals surface area contributed by atoms with E-state index in [1.807, 2.05) is 37.3 Å². The fourth-order valence-corrected chi connectivity index (χ4v) is 2.75. The van der Waals surface area contributed by atoms with Gasteiger partial charge in [-0.2, -0.15) is 0 Å². The molecule has 1 aliphatic rings. The van der Waals surface area contributed by atoms with Crippen LogP contribution in [0, 0.1) is 0 Å². The van der Waals surface area contributed by atoms with Crippen molar-refractivity contribution in [2.24, 2.45) is 0 Å². The molecule has 0 saturated carbocycles. The van der Waals surface area contributed by atoms with Crippen molar-refractivity contribution in [3.8, 4) is 0 Å². The lowest BCUT2D eigenvalue weighted by atomic mass is 9.96. The highest BCUT2D eigenvalue weighted by Crippen LogP contribution is 2.22. The molecule has 0 bridgehead atoms. The van der Waals surface area contributed by atoms with E-state index in [9.17, 15) is 14.4 Å². The molecule has 23 heavy (non-hydrogen) atoms. The van der Waals surface area contributed by atoms with Gasteiger partial charge >= 0.3 is 6.03 Å². The van der Waals surface area contributed by atoms with E-state index in [0.717, 1.165) is 16.9 Å². The molecule has 0 spiro atoms. The van der Waals surface area contributed by atoms with Gasteiger partial charge in [0, 0.05) is 6.54 Å². The maximum absolute atomic E-state index is 12.3. The summed E-state index contributed by atoms with van der Waals surface area (Å²) in [6.45, 7) is 3.88. The van der Waals surface area contributed by atoms with Gasteiger partial charge in [0.05, 0.1) is 0 Å². The minimum Gasteiger partial charge on any atom is -0.354 e. The summed E-state index contributed by atoms with van der Waals surface area (Å²) < 4.78 is 0. The molecule has 1 aliphatic heterocycles. The van der Waals surface area contributed by atoms with Crippen molar-refractivity contribution in [3.63, 3.8) is 0 Å². The number of rotatable bonds is 7. The average molecular weight is 317 g/mol. The third-order valence-electron chi connectivity index (χ3n) is 3.98. The number of carbonyl (C=O) groups is 3. The first-order valence-corrected chi connectivity index (χ1v) is 7.91. The minimum atomic E-state index is -0.893. The molecular weight excluding hydrogens is 294 g/mol. The molecular formula is C17H23N3O3. The van der Waals surface area contributed by atoms with Crippen LogP contribution in [-0.2, 0) is 16.0 Å². The highest BCUT2D eigenvalue weighted by atomic mass is 16.2. The van der Waals surface area contributed by atoms with Crippen LogP contribution in [0.5, 0.6) is 0 Å². The van der Waals surface area contributed by atoms with E-state index in [0.29, 0.717) is 19.4 Å². The second-order valence-corrected chi connectivity index (χ2v) is 5.99. The van der Waals surface area contributed by atoms with Gasteiger partial charge in [0.1, 0.15) is 12.1 Å². The molecule has 1 aromatic rings. The van der Waals surface area contributed by atoms with Crippen LogP contribution in [0.4, 0.5) is 4.79 Å². The molecule has 1 saturated heterocycles. The number of amides is 4. The molecule has 0 aliphatic carbocycles. The van der Waals surface area contributed by atoms with E-state index in [-0.39, 0.29) is 18.4 Å². The summed E-state index contributed by atoms with van der Waals surface area (Å²) in [5.41, 5.74) is 0.231. The van der Waals surface area contributed by atoms with Crippen molar-refractivity contribution < 1.29 is 14.4 Å². The van der Waals surface area contributed by atoms with Gasteiger partial charge in [-0.1, -0.05) is 43.7 Å². The Labute approximate surface area is 136 Å². The summed E-state index contributed by atoms with van der Waals surface area (Å²) in [5.74, 6) is -0.660. The number of benzene rings is 1. The van der Waals surface area contributed by atoms with Crippen LogP contribution in [0.3, 0.4) is 0 Å². The number of nitrogens with zero attached hydrogens (tertiary/aromatic N) is 1. The van der Waals surface area contributed by atoms with Gasteiger partial charge < -0.3 is 10.6 Å². The van der Waals surface area contributed by atoms with Crippen molar-refractivity contribution in [1.82, 2.24) is 15.5 Å². The Morgan fingerprint density at radius 2 is 1.96 bits per heavy atom. The average Bonchev–Trinajstić information content (AvgIpc) is 2.72. The van der Waals surface area contributed by atoms with E-state index < -0.39 is 11.6 Å². The molecule has 6 nitrogen and oxygen atoms in total. The zero-order valence-corrected chi connectivity index (χ0v) is 13.6. The Bertz CT molecular complexity index is 588. The third kappa shape index (κ3) is 4.09. The van der Waals surface area contributed by atoms with Gasteiger partial charge in [0.2, 0.25) is 5.91 Å². The van der Waals surface area contributed by atoms with Gasteiger partial charge in [-0.05, 0) is 25.3 Å². The number of nitrogens with one attached hydrogen (secondary N) is 2. The van der Waals surface area contributed by atoms with Crippen LogP contribution >= 0.6 is 0 Å². The summed E-state index contributed by atoms with van der Waals surface area (Å²) in [6, 6.07) is 9.30. The molecule has 1 aromatic carbocycles. The Morgan fingerprint density at radius 3 is 2.61 bits per heavy atom. The summed E-state index contributed by atoms with van der Waals surface area (Å²) >= 11 is 0. The number of urea groups is 1. The topological polar surface area (TPSA) is 78.5 Å². The number of hydrogen-bond donors (Lipinski definition) is 2. The zero-order chi connectivity index (χ0) is 16.9. The first-order chi connectivity index (χ1) is 11.0. The quantitative estimate of drug-likeness (QED) is 0.747. The highest BCUT2D eigenvalue weighted by molar-refractivity contribution is 6.08. The lowest BCUT2D eigenvalue weighted by molar-refractivity contribution is -0.134. The Hall–Kier alpha value is -2.37. The van der Waals surface area contributed by atoms with Gasteiger partial charge in [-0.3, -0.25) is 14.5 Å². The van der Waals surface area contributed by atoms with E-state index >= 15 is 0 Å². The van der Waals surface area contributed by atoms with Crippen molar-refractivity contribution in [1.29, 1.82) is 0 Å². The van der Waals surface area contributed by atoms with Crippen LogP contribution in [0.15, 0.2) is 30.3 Å². The van der Waals surface area contributed by atoms with Crippen LogP contribution in [-0.4, -0.2) is 41.4 Å². The van der Waals surface area contributed by atoms with Gasteiger partial charge in [-0.25, -0.2) is 4.79 Å². The molecule has 1 heterocycles. The normalized spacial score (nSPS) is 20.5. The van der Waals surface area contributed by atoms with Crippen molar-refractivity contribution in [2.45, 2.75) is 38.6 Å². The molecule has 2 N–H and O–H groups in total. The number of imide groups is 1. The molecule has 1 fully saturated rings.